The molecule has 1 saturated heterocycles. The maximum Gasteiger partial charge on any atom is 0.226 e. The molecule has 1 amide bonds. The van der Waals surface area contributed by atoms with Crippen LogP contribution in [0.3, 0.4) is 0 Å². The lowest BCUT2D eigenvalue weighted by Crippen LogP contribution is -2.40. The topological polar surface area (TPSA) is 89.9 Å². The largest absolute Gasteiger partial charge is 0.381 e. The van der Waals surface area contributed by atoms with Crippen LogP contribution >= 0.6 is 0 Å². The predicted molar refractivity (Wildman–Crippen MR) is 95.0 cm³/mol. The highest BCUT2D eigenvalue weighted by molar-refractivity contribution is 5.79. The van der Waals surface area contributed by atoms with E-state index >= 15 is 0 Å². The quantitative estimate of drug-likeness (QED) is 0.909. The van der Waals surface area contributed by atoms with Gasteiger partial charge in [-0.1, -0.05) is 13.8 Å². The molecule has 4 rings (SSSR count). The van der Waals surface area contributed by atoms with Crippen LogP contribution in [0.25, 0.3) is 11.5 Å². The molecule has 136 valence electrons. The fourth-order valence-electron chi connectivity index (χ4n) is 3.74. The summed E-state index contributed by atoms with van der Waals surface area (Å²) in [6.07, 6.45) is 9.26. The van der Waals surface area contributed by atoms with E-state index in [1.54, 1.807) is 18.6 Å². The van der Waals surface area contributed by atoms with Crippen molar-refractivity contribution < 1.29 is 9.53 Å². The number of nitrogens with one attached hydrogen (secondary N) is 1. The molecule has 0 unspecified atom stereocenters. The highest BCUT2D eigenvalue weighted by Gasteiger charge is 2.36. The van der Waals surface area contributed by atoms with Gasteiger partial charge in [0.05, 0.1) is 30.5 Å². The second-order valence-electron chi connectivity index (χ2n) is 7.85. The van der Waals surface area contributed by atoms with E-state index in [2.05, 4.69) is 34.1 Å². The van der Waals surface area contributed by atoms with Crippen molar-refractivity contribution in [2.75, 3.05) is 13.2 Å². The van der Waals surface area contributed by atoms with E-state index in [4.69, 9.17) is 9.72 Å². The number of ether oxygens (including phenoxy) is 1. The lowest BCUT2D eigenvalue weighted by atomic mass is 9.74. The molecule has 1 N–H and O–H groups in total. The normalized spacial score (nSPS) is 24.1. The minimum atomic E-state index is -0.0715. The summed E-state index contributed by atoms with van der Waals surface area (Å²) in [5, 5.41) is 3.20. The second-order valence-corrected chi connectivity index (χ2v) is 7.85. The molecule has 2 aromatic rings. The maximum atomic E-state index is 12.6. The zero-order valence-corrected chi connectivity index (χ0v) is 15.1. The molecule has 1 aliphatic heterocycles. The Bertz CT molecular complexity index is 803. The molecule has 3 heterocycles. The van der Waals surface area contributed by atoms with Gasteiger partial charge in [-0.3, -0.25) is 9.78 Å². The van der Waals surface area contributed by atoms with E-state index in [0.717, 1.165) is 30.5 Å². The van der Waals surface area contributed by atoms with Gasteiger partial charge in [0.2, 0.25) is 5.91 Å². The summed E-state index contributed by atoms with van der Waals surface area (Å²) in [7, 11) is 0. The third-order valence-corrected chi connectivity index (χ3v) is 5.09. The van der Waals surface area contributed by atoms with Crippen molar-refractivity contribution in [3.05, 3.63) is 36.0 Å². The smallest absolute Gasteiger partial charge is 0.226 e. The van der Waals surface area contributed by atoms with Crippen LogP contribution in [0.1, 0.15) is 44.0 Å². The van der Waals surface area contributed by atoms with E-state index in [9.17, 15) is 4.79 Å². The molecule has 0 aromatic carbocycles. The van der Waals surface area contributed by atoms with E-state index in [0.29, 0.717) is 24.7 Å². The Morgan fingerprint density at radius 2 is 2.15 bits per heavy atom. The van der Waals surface area contributed by atoms with E-state index < -0.39 is 0 Å². The first-order valence-corrected chi connectivity index (χ1v) is 9.02. The van der Waals surface area contributed by atoms with Crippen molar-refractivity contribution in [1.82, 2.24) is 25.3 Å². The number of carbonyl (C=O) groups excluding carboxylic acids is 1. The minimum absolute atomic E-state index is 0.0467. The molecule has 1 fully saturated rings. The van der Waals surface area contributed by atoms with Crippen molar-refractivity contribution in [2.24, 2.45) is 11.3 Å². The van der Waals surface area contributed by atoms with Crippen LogP contribution in [0.4, 0.5) is 0 Å². The summed E-state index contributed by atoms with van der Waals surface area (Å²) >= 11 is 0. The van der Waals surface area contributed by atoms with Crippen LogP contribution in [0.5, 0.6) is 0 Å². The van der Waals surface area contributed by atoms with Crippen LogP contribution in [0.2, 0.25) is 0 Å². The predicted octanol–water partition coefficient (Wildman–Crippen LogP) is 2.10. The molecule has 0 spiro atoms. The molecule has 7 nitrogen and oxygen atoms in total. The molecule has 0 bridgehead atoms. The number of hydrogen-bond donors (Lipinski definition) is 1. The molecule has 2 aliphatic rings. The fourth-order valence-corrected chi connectivity index (χ4v) is 3.74. The Kier molecular flexibility index (Phi) is 4.40. The molecule has 2 atom stereocenters. The Hall–Kier alpha value is -2.41. The molecule has 2 aromatic heterocycles. The molecular formula is C19H23N5O2. The Balaban J connectivity index is 1.63. The summed E-state index contributed by atoms with van der Waals surface area (Å²) in [6, 6.07) is -0.0715. The van der Waals surface area contributed by atoms with Crippen LogP contribution in [-0.2, 0) is 16.0 Å². The lowest BCUT2D eigenvalue weighted by molar-refractivity contribution is -0.126. The van der Waals surface area contributed by atoms with Gasteiger partial charge < -0.3 is 10.1 Å². The minimum Gasteiger partial charge on any atom is -0.381 e. The first-order chi connectivity index (χ1) is 12.5. The summed E-state index contributed by atoms with van der Waals surface area (Å²) in [5.41, 5.74) is 2.68. The van der Waals surface area contributed by atoms with Gasteiger partial charge in [-0.25, -0.2) is 15.0 Å². The van der Waals surface area contributed by atoms with Crippen LogP contribution < -0.4 is 5.32 Å². The van der Waals surface area contributed by atoms with Gasteiger partial charge >= 0.3 is 0 Å². The standard InChI is InChI=1S/C19H23N5O2/c1-19(2)7-14-13(9-22-17(23-14)16-10-20-4-5-21-16)15(8-19)24-18(25)12-3-6-26-11-12/h4-5,9-10,12,15H,3,6-8,11H2,1-2H3,(H,24,25)/t12-,15+/m0/s1. The fraction of sp³-hybridized carbons (Fsp3) is 0.526. The van der Waals surface area contributed by atoms with Gasteiger partial charge in [-0.2, -0.15) is 0 Å². The lowest BCUT2D eigenvalue weighted by Gasteiger charge is -2.36. The highest BCUT2D eigenvalue weighted by atomic mass is 16.5. The van der Waals surface area contributed by atoms with Gasteiger partial charge in [0.15, 0.2) is 5.82 Å². The number of hydrogen-bond acceptors (Lipinski definition) is 6. The SMILES string of the molecule is CC1(C)Cc2nc(-c3cnccn3)ncc2[C@H](NC(=O)[C@H]2CCOC2)C1. The monoisotopic (exact) mass is 353 g/mol. The Labute approximate surface area is 152 Å². The van der Waals surface area contributed by atoms with Crippen molar-refractivity contribution in [1.29, 1.82) is 0 Å². The second kappa shape index (κ2) is 6.72. The van der Waals surface area contributed by atoms with E-state index in [1.807, 2.05) is 6.20 Å². The number of fused-ring (bicyclic) bond motifs is 1. The van der Waals surface area contributed by atoms with Gasteiger partial charge in [0, 0.05) is 30.8 Å². The number of aromatic nitrogens is 4. The molecule has 0 saturated carbocycles. The molecule has 7 heteroatoms. The van der Waals surface area contributed by atoms with Crippen molar-refractivity contribution in [3.8, 4) is 11.5 Å². The van der Waals surface area contributed by atoms with Crippen LogP contribution in [-0.4, -0.2) is 39.1 Å². The molecule has 26 heavy (non-hydrogen) atoms. The zero-order valence-electron chi connectivity index (χ0n) is 15.1. The molecule has 1 aliphatic carbocycles. The first kappa shape index (κ1) is 17.0. The molecular weight excluding hydrogens is 330 g/mol. The van der Waals surface area contributed by atoms with E-state index in [1.165, 1.54) is 0 Å². The summed E-state index contributed by atoms with van der Waals surface area (Å²) < 4.78 is 5.34. The number of nitrogens with zero attached hydrogens (tertiary/aromatic N) is 4. The van der Waals surface area contributed by atoms with Crippen molar-refractivity contribution >= 4 is 5.91 Å². The first-order valence-electron chi connectivity index (χ1n) is 9.02. The summed E-state index contributed by atoms with van der Waals surface area (Å²) in [5.74, 6) is 0.584. The number of rotatable bonds is 3. The van der Waals surface area contributed by atoms with Crippen LogP contribution in [0.15, 0.2) is 24.8 Å². The third-order valence-electron chi connectivity index (χ3n) is 5.09. The Morgan fingerprint density at radius 3 is 2.88 bits per heavy atom. The average Bonchev–Trinajstić information content (AvgIpc) is 3.16. The zero-order chi connectivity index (χ0) is 18.1. The third kappa shape index (κ3) is 3.44. The Morgan fingerprint density at radius 1 is 1.27 bits per heavy atom. The highest BCUT2D eigenvalue weighted by Crippen LogP contribution is 2.40. The van der Waals surface area contributed by atoms with Gasteiger partial charge in [0.25, 0.3) is 0 Å². The van der Waals surface area contributed by atoms with Crippen molar-refractivity contribution in [2.45, 2.75) is 39.2 Å². The van der Waals surface area contributed by atoms with Gasteiger partial charge in [-0.05, 0) is 24.7 Å². The van der Waals surface area contributed by atoms with Gasteiger partial charge in [0.1, 0.15) is 5.69 Å². The van der Waals surface area contributed by atoms with Crippen molar-refractivity contribution in [3.63, 3.8) is 0 Å². The average molecular weight is 353 g/mol. The molecule has 0 radical (unpaired) electrons. The number of carbonyl (C=O) groups is 1. The van der Waals surface area contributed by atoms with Gasteiger partial charge in [-0.15, -0.1) is 0 Å². The summed E-state index contributed by atoms with van der Waals surface area (Å²) in [6.45, 7) is 5.59. The maximum absolute atomic E-state index is 12.6. The number of amides is 1. The van der Waals surface area contributed by atoms with Crippen LogP contribution in [0, 0.1) is 11.3 Å². The summed E-state index contributed by atoms with van der Waals surface area (Å²) in [4.78, 5) is 30.2. The van der Waals surface area contributed by atoms with E-state index in [-0.39, 0.29) is 23.3 Å².